The molecular weight excluding hydrogens is 565 g/mol. The molecule has 3 amide bonds. The number of nitrogens with one attached hydrogen (secondary N) is 2. The van der Waals surface area contributed by atoms with E-state index in [1.807, 2.05) is 36.4 Å². The van der Waals surface area contributed by atoms with Crippen LogP contribution in [0.25, 0.3) is 0 Å². The van der Waals surface area contributed by atoms with E-state index < -0.39 is 24.6 Å². The Morgan fingerprint density at radius 3 is 2.31 bits per heavy atom. The molecule has 3 aromatic rings. The summed E-state index contributed by atoms with van der Waals surface area (Å²) in [6, 6.07) is 21.8. The molecule has 0 saturated heterocycles. The quantitative estimate of drug-likeness (QED) is 0.251. The Balaban J connectivity index is 1.51. The molecule has 1 saturated carbocycles. The number of benzene rings is 3. The van der Waals surface area contributed by atoms with Crippen molar-refractivity contribution in [3.05, 3.63) is 94.0 Å². The molecule has 39 heavy (non-hydrogen) atoms. The van der Waals surface area contributed by atoms with Crippen molar-refractivity contribution in [2.24, 2.45) is 0 Å². The fraction of sp³-hybridized carbons (Fsp3) is 0.300. The molecule has 1 fully saturated rings. The molecule has 9 heteroatoms. The van der Waals surface area contributed by atoms with Crippen LogP contribution in [-0.4, -0.2) is 35.7 Å². The van der Waals surface area contributed by atoms with E-state index in [2.05, 4.69) is 38.7 Å². The first-order valence-corrected chi connectivity index (χ1v) is 13.8. The summed E-state index contributed by atoms with van der Waals surface area (Å²) in [5, 5.41) is 13.9. The highest BCUT2D eigenvalue weighted by atomic mass is 79.9. The van der Waals surface area contributed by atoms with Gasteiger partial charge in [0.15, 0.2) is 0 Å². The van der Waals surface area contributed by atoms with Gasteiger partial charge in [0.25, 0.3) is 5.91 Å². The van der Waals surface area contributed by atoms with Gasteiger partial charge in [-0.25, -0.2) is 14.0 Å². The molecule has 204 valence electrons. The molecular formula is C30H31BrFN3O4. The van der Waals surface area contributed by atoms with E-state index in [1.54, 1.807) is 29.2 Å². The number of alkyl halides is 1. The van der Waals surface area contributed by atoms with Crippen molar-refractivity contribution in [1.82, 2.24) is 5.32 Å². The SMILES string of the molecule is O=C(NCC(F)C(=O)O)c1ccc(CN(C(=O)Nc2cccc(Br)c2)c2ccc(C3CCCCC3)cc2)cc1. The highest BCUT2D eigenvalue weighted by molar-refractivity contribution is 9.10. The molecule has 0 spiro atoms. The summed E-state index contributed by atoms with van der Waals surface area (Å²) in [7, 11) is 0. The minimum Gasteiger partial charge on any atom is -0.479 e. The first kappa shape index (κ1) is 28.3. The van der Waals surface area contributed by atoms with Crippen LogP contribution in [-0.2, 0) is 11.3 Å². The van der Waals surface area contributed by atoms with Gasteiger partial charge < -0.3 is 15.7 Å². The molecule has 1 atom stereocenters. The van der Waals surface area contributed by atoms with Crippen LogP contribution < -0.4 is 15.5 Å². The molecule has 1 unspecified atom stereocenters. The Labute approximate surface area is 235 Å². The maximum absolute atomic E-state index is 13.4. The van der Waals surface area contributed by atoms with E-state index in [1.165, 1.54) is 37.7 Å². The largest absolute Gasteiger partial charge is 0.479 e. The van der Waals surface area contributed by atoms with Crippen LogP contribution in [0, 0.1) is 0 Å². The fourth-order valence-electron chi connectivity index (χ4n) is 4.72. The first-order chi connectivity index (χ1) is 18.8. The third-order valence-electron chi connectivity index (χ3n) is 6.87. The maximum atomic E-state index is 13.4. The van der Waals surface area contributed by atoms with Gasteiger partial charge >= 0.3 is 12.0 Å². The topological polar surface area (TPSA) is 98.7 Å². The normalized spacial score (nSPS) is 14.3. The van der Waals surface area contributed by atoms with E-state index in [0.717, 1.165) is 15.7 Å². The number of carbonyl (C=O) groups excluding carboxylic acids is 2. The average Bonchev–Trinajstić information content (AvgIpc) is 2.95. The number of rotatable bonds is 9. The Morgan fingerprint density at radius 1 is 0.974 bits per heavy atom. The second-order valence-corrected chi connectivity index (χ2v) is 10.6. The zero-order chi connectivity index (χ0) is 27.8. The van der Waals surface area contributed by atoms with Gasteiger partial charge in [-0.15, -0.1) is 0 Å². The molecule has 0 aliphatic heterocycles. The number of carboxylic acids is 1. The number of nitrogens with zero attached hydrogens (tertiary/aromatic N) is 1. The summed E-state index contributed by atoms with van der Waals surface area (Å²) in [6.07, 6.45) is 3.99. The van der Waals surface area contributed by atoms with Crippen LogP contribution in [0.3, 0.4) is 0 Å². The predicted octanol–water partition coefficient (Wildman–Crippen LogP) is 6.89. The lowest BCUT2D eigenvalue weighted by molar-refractivity contribution is -0.142. The van der Waals surface area contributed by atoms with Crippen LogP contribution in [0.4, 0.5) is 20.6 Å². The van der Waals surface area contributed by atoms with Crippen LogP contribution in [0.5, 0.6) is 0 Å². The highest BCUT2D eigenvalue weighted by Crippen LogP contribution is 2.33. The molecule has 4 rings (SSSR count). The summed E-state index contributed by atoms with van der Waals surface area (Å²) in [5.74, 6) is -1.65. The van der Waals surface area contributed by atoms with Crippen LogP contribution in [0.2, 0.25) is 0 Å². The van der Waals surface area contributed by atoms with Crippen LogP contribution in [0.1, 0.15) is 59.5 Å². The number of amides is 3. The summed E-state index contributed by atoms with van der Waals surface area (Å²) < 4.78 is 14.1. The van der Waals surface area contributed by atoms with Crippen molar-refractivity contribution in [2.45, 2.75) is 50.7 Å². The van der Waals surface area contributed by atoms with E-state index >= 15 is 0 Å². The zero-order valence-electron chi connectivity index (χ0n) is 21.4. The van der Waals surface area contributed by atoms with E-state index in [4.69, 9.17) is 5.11 Å². The van der Waals surface area contributed by atoms with Gasteiger partial charge in [-0.1, -0.05) is 65.5 Å². The second kappa shape index (κ2) is 13.4. The number of hydrogen-bond donors (Lipinski definition) is 3. The average molecular weight is 596 g/mol. The molecule has 3 N–H and O–H groups in total. The number of urea groups is 1. The van der Waals surface area contributed by atoms with Gasteiger partial charge in [0.05, 0.1) is 13.1 Å². The van der Waals surface area contributed by atoms with Gasteiger partial charge in [-0.05, 0) is 72.4 Å². The number of carbonyl (C=O) groups is 3. The summed E-state index contributed by atoms with van der Waals surface area (Å²) in [4.78, 5) is 38.0. The Kier molecular flexibility index (Phi) is 9.70. The lowest BCUT2D eigenvalue weighted by Gasteiger charge is -2.26. The molecule has 1 aliphatic rings. The number of anilines is 2. The number of aliphatic carboxylic acids is 1. The Bertz CT molecular complexity index is 1290. The molecule has 0 aromatic heterocycles. The number of halogens is 2. The Morgan fingerprint density at radius 2 is 1.67 bits per heavy atom. The van der Waals surface area contributed by atoms with Gasteiger partial charge in [0, 0.05) is 21.4 Å². The van der Waals surface area contributed by atoms with Gasteiger partial charge in [0.2, 0.25) is 6.17 Å². The van der Waals surface area contributed by atoms with Crippen molar-refractivity contribution in [2.75, 3.05) is 16.8 Å². The van der Waals surface area contributed by atoms with Gasteiger partial charge in [-0.2, -0.15) is 0 Å². The molecule has 0 radical (unpaired) electrons. The zero-order valence-corrected chi connectivity index (χ0v) is 23.0. The highest BCUT2D eigenvalue weighted by Gasteiger charge is 2.20. The Hall–Kier alpha value is -3.72. The van der Waals surface area contributed by atoms with Crippen molar-refractivity contribution < 1.29 is 23.9 Å². The van der Waals surface area contributed by atoms with Crippen molar-refractivity contribution >= 4 is 45.2 Å². The third-order valence-corrected chi connectivity index (χ3v) is 7.36. The molecule has 7 nitrogen and oxygen atoms in total. The van der Waals surface area contributed by atoms with Crippen LogP contribution in [0.15, 0.2) is 77.3 Å². The standard InChI is InChI=1S/C30H31BrFN3O4/c31-24-7-4-8-25(17-24)34-30(39)35(26-15-13-22(14-16-26)21-5-2-1-3-6-21)19-20-9-11-23(12-10-20)28(36)33-18-27(32)29(37)38/h4,7-17,21,27H,1-3,5-6,18-19H2,(H,33,36)(H,34,39)(H,37,38). The minimum absolute atomic E-state index is 0.246. The lowest BCUT2D eigenvalue weighted by atomic mass is 9.84. The summed E-state index contributed by atoms with van der Waals surface area (Å²) in [5.41, 5.74) is 3.73. The number of hydrogen-bond acceptors (Lipinski definition) is 3. The minimum atomic E-state index is -2.17. The van der Waals surface area contributed by atoms with E-state index in [0.29, 0.717) is 11.6 Å². The summed E-state index contributed by atoms with van der Waals surface area (Å²) >= 11 is 3.43. The maximum Gasteiger partial charge on any atom is 0.340 e. The second-order valence-electron chi connectivity index (χ2n) is 9.67. The summed E-state index contributed by atoms with van der Waals surface area (Å²) in [6.45, 7) is -0.369. The monoisotopic (exact) mass is 595 g/mol. The first-order valence-electron chi connectivity index (χ1n) is 13.0. The lowest BCUT2D eigenvalue weighted by Crippen LogP contribution is -2.35. The van der Waals surface area contributed by atoms with E-state index in [9.17, 15) is 18.8 Å². The van der Waals surface area contributed by atoms with Gasteiger partial charge in [0.1, 0.15) is 0 Å². The van der Waals surface area contributed by atoms with Crippen molar-refractivity contribution in [3.63, 3.8) is 0 Å². The molecule has 3 aromatic carbocycles. The fourth-order valence-corrected chi connectivity index (χ4v) is 5.11. The smallest absolute Gasteiger partial charge is 0.340 e. The van der Waals surface area contributed by atoms with Crippen LogP contribution >= 0.6 is 15.9 Å². The van der Waals surface area contributed by atoms with Crippen molar-refractivity contribution in [3.8, 4) is 0 Å². The molecule has 1 aliphatic carbocycles. The van der Waals surface area contributed by atoms with Crippen molar-refractivity contribution in [1.29, 1.82) is 0 Å². The third kappa shape index (κ3) is 7.89. The van der Waals surface area contributed by atoms with E-state index in [-0.39, 0.29) is 18.1 Å². The molecule has 0 heterocycles. The van der Waals surface area contributed by atoms with Gasteiger partial charge in [-0.3, -0.25) is 9.69 Å². The molecule has 0 bridgehead atoms. The predicted molar refractivity (Wildman–Crippen MR) is 153 cm³/mol. The number of carboxylic acid groups (broad SMARTS) is 1.